The number of aromatic hydroxyl groups is 1. The lowest BCUT2D eigenvalue weighted by Crippen LogP contribution is -2.40. The van der Waals surface area contributed by atoms with E-state index in [4.69, 9.17) is 30.5 Å². The third kappa shape index (κ3) is 4.82. The number of ether oxygens (including phenoxy) is 4. The van der Waals surface area contributed by atoms with Crippen LogP contribution in [0.25, 0.3) is 6.08 Å². The Kier molecular flexibility index (Phi) is 7.60. The number of esters is 1. The molecule has 4 rings (SSSR count). The Balaban J connectivity index is 1.97. The molecule has 0 saturated heterocycles. The number of aromatic nitrogens is 1. The lowest BCUT2D eigenvalue weighted by Gasteiger charge is -2.25. The third-order valence-corrected chi connectivity index (χ3v) is 7.08. The van der Waals surface area contributed by atoms with Crippen LogP contribution < -0.4 is 29.1 Å². The van der Waals surface area contributed by atoms with Gasteiger partial charge in [-0.15, -0.1) is 0 Å². The van der Waals surface area contributed by atoms with E-state index in [9.17, 15) is 14.7 Å². The second kappa shape index (κ2) is 10.7. The lowest BCUT2D eigenvalue weighted by molar-refractivity contribution is -0.139. The number of phenolic OH excluding ortho intramolecular Hbond substituents is 1. The van der Waals surface area contributed by atoms with E-state index in [2.05, 4.69) is 4.99 Å². The van der Waals surface area contributed by atoms with E-state index in [0.29, 0.717) is 37.7 Å². The molecule has 0 fully saturated rings. The maximum atomic E-state index is 13.8. The highest BCUT2D eigenvalue weighted by Crippen LogP contribution is 2.37. The van der Waals surface area contributed by atoms with E-state index in [1.807, 2.05) is 0 Å². The van der Waals surface area contributed by atoms with E-state index in [-0.39, 0.29) is 34.3 Å². The minimum absolute atomic E-state index is 0.0852. The molecular formula is C26H25ClN2O7S. The Morgan fingerprint density at radius 3 is 2.49 bits per heavy atom. The third-order valence-electron chi connectivity index (χ3n) is 5.81. The highest BCUT2D eigenvalue weighted by molar-refractivity contribution is 7.07. The number of fused-ring (bicyclic) bond motifs is 1. The van der Waals surface area contributed by atoms with Crippen LogP contribution in [0, 0.1) is 0 Å². The van der Waals surface area contributed by atoms with E-state index < -0.39 is 12.0 Å². The number of carbonyl (C=O) groups is 1. The number of methoxy groups -OCH3 is 3. The van der Waals surface area contributed by atoms with Crippen molar-refractivity contribution in [2.45, 2.75) is 19.9 Å². The highest BCUT2D eigenvalue weighted by atomic mass is 35.5. The summed E-state index contributed by atoms with van der Waals surface area (Å²) in [7, 11) is 4.45. The van der Waals surface area contributed by atoms with Crippen LogP contribution in [0.1, 0.15) is 31.0 Å². The Labute approximate surface area is 221 Å². The number of hydrogen-bond acceptors (Lipinski definition) is 9. The van der Waals surface area contributed by atoms with Gasteiger partial charge in [-0.05, 0) is 55.3 Å². The fourth-order valence-electron chi connectivity index (χ4n) is 4.11. The van der Waals surface area contributed by atoms with Crippen molar-refractivity contribution in [3.63, 3.8) is 0 Å². The van der Waals surface area contributed by atoms with E-state index in [1.54, 1.807) is 44.2 Å². The molecule has 1 atom stereocenters. The number of allylic oxidation sites excluding steroid dienone is 1. The molecule has 2 heterocycles. The molecule has 0 bridgehead atoms. The molecule has 0 amide bonds. The van der Waals surface area contributed by atoms with Crippen molar-refractivity contribution < 1.29 is 28.8 Å². The minimum atomic E-state index is -0.810. The molecule has 37 heavy (non-hydrogen) atoms. The normalized spacial score (nSPS) is 15.2. The van der Waals surface area contributed by atoms with Crippen LogP contribution in [0.15, 0.2) is 51.4 Å². The Hall–Kier alpha value is -3.76. The van der Waals surface area contributed by atoms with Crippen molar-refractivity contribution >= 4 is 35.0 Å². The summed E-state index contributed by atoms with van der Waals surface area (Å²) in [5.74, 6) is 0.384. The zero-order chi connectivity index (χ0) is 26.9. The molecule has 0 aliphatic carbocycles. The first-order valence-corrected chi connectivity index (χ1v) is 12.4. The van der Waals surface area contributed by atoms with Crippen LogP contribution in [0.5, 0.6) is 23.0 Å². The van der Waals surface area contributed by atoms with E-state index >= 15 is 0 Å². The van der Waals surface area contributed by atoms with Gasteiger partial charge in [-0.3, -0.25) is 9.36 Å². The number of benzene rings is 2. The van der Waals surface area contributed by atoms with E-state index in [0.717, 1.165) is 0 Å². The topological polar surface area (TPSA) is 109 Å². The second-order valence-corrected chi connectivity index (χ2v) is 9.39. The number of phenols is 1. The summed E-state index contributed by atoms with van der Waals surface area (Å²) < 4.78 is 23.1. The van der Waals surface area contributed by atoms with Crippen molar-refractivity contribution in [1.29, 1.82) is 0 Å². The fourth-order valence-corrected chi connectivity index (χ4v) is 5.38. The summed E-state index contributed by atoms with van der Waals surface area (Å²) >= 11 is 7.30. The van der Waals surface area contributed by atoms with Gasteiger partial charge in [0.05, 0.1) is 54.8 Å². The molecule has 0 radical (unpaired) electrons. The summed E-state index contributed by atoms with van der Waals surface area (Å²) in [6.45, 7) is 3.59. The summed E-state index contributed by atoms with van der Waals surface area (Å²) in [5.41, 5.74) is 1.51. The summed E-state index contributed by atoms with van der Waals surface area (Å²) in [6, 6.07) is 7.50. The minimum Gasteiger partial charge on any atom is -0.503 e. The van der Waals surface area contributed by atoms with Crippen LogP contribution in [-0.4, -0.2) is 43.6 Å². The molecule has 0 spiro atoms. The molecule has 1 aliphatic heterocycles. The van der Waals surface area contributed by atoms with Crippen LogP contribution in [0.2, 0.25) is 5.02 Å². The first-order valence-electron chi connectivity index (χ1n) is 11.2. The largest absolute Gasteiger partial charge is 0.503 e. The van der Waals surface area contributed by atoms with Crippen molar-refractivity contribution in [3.8, 4) is 23.0 Å². The zero-order valence-corrected chi connectivity index (χ0v) is 22.4. The van der Waals surface area contributed by atoms with Gasteiger partial charge in [0.2, 0.25) is 0 Å². The molecule has 1 aromatic heterocycles. The van der Waals surface area contributed by atoms with Gasteiger partial charge in [0.15, 0.2) is 27.8 Å². The van der Waals surface area contributed by atoms with E-state index in [1.165, 1.54) is 43.3 Å². The molecule has 3 aromatic rings. The number of carbonyl (C=O) groups excluding carboxylic acids is 1. The number of hydrogen-bond donors (Lipinski definition) is 1. The molecule has 11 heteroatoms. The van der Waals surface area contributed by atoms with Gasteiger partial charge in [0, 0.05) is 0 Å². The van der Waals surface area contributed by atoms with Crippen LogP contribution in [0.3, 0.4) is 0 Å². The average Bonchev–Trinajstić information content (AvgIpc) is 3.18. The molecule has 0 saturated carbocycles. The number of halogens is 1. The summed E-state index contributed by atoms with van der Waals surface area (Å²) in [5, 5.41) is 10.1. The number of rotatable bonds is 7. The molecule has 9 nitrogen and oxygen atoms in total. The van der Waals surface area contributed by atoms with Gasteiger partial charge in [-0.1, -0.05) is 29.0 Å². The predicted octanol–water partition coefficient (Wildman–Crippen LogP) is 3.18. The molecular weight excluding hydrogens is 520 g/mol. The van der Waals surface area contributed by atoms with Gasteiger partial charge in [-0.25, -0.2) is 9.79 Å². The van der Waals surface area contributed by atoms with Crippen LogP contribution in [0.4, 0.5) is 0 Å². The van der Waals surface area contributed by atoms with Crippen molar-refractivity contribution in [3.05, 3.63) is 77.4 Å². The van der Waals surface area contributed by atoms with Gasteiger partial charge < -0.3 is 24.1 Å². The fraction of sp³-hybridized carbons (Fsp3) is 0.269. The van der Waals surface area contributed by atoms with Crippen molar-refractivity contribution in [2.24, 2.45) is 4.99 Å². The first kappa shape index (κ1) is 26.3. The number of thiazole rings is 1. The highest BCUT2D eigenvalue weighted by Gasteiger charge is 2.34. The van der Waals surface area contributed by atoms with Gasteiger partial charge >= 0.3 is 5.97 Å². The maximum Gasteiger partial charge on any atom is 0.338 e. The first-order chi connectivity index (χ1) is 17.7. The molecule has 1 aliphatic rings. The lowest BCUT2D eigenvalue weighted by atomic mass is 9.95. The summed E-state index contributed by atoms with van der Waals surface area (Å²) in [4.78, 5) is 31.8. The molecule has 194 valence electrons. The SMILES string of the molecule is CCOC(=O)C1=C(C)N=c2s/c(=C\c3cc(Cl)c(O)c(OC)c3)c(=O)n2[C@@H]1c1ccc(OC)c(OC)c1. The average molecular weight is 545 g/mol. The van der Waals surface area contributed by atoms with Gasteiger partial charge in [-0.2, -0.15) is 0 Å². The molecule has 2 aromatic carbocycles. The van der Waals surface area contributed by atoms with Gasteiger partial charge in [0.1, 0.15) is 0 Å². The van der Waals surface area contributed by atoms with Crippen LogP contribution >= 0.6 is 22.9 Å². The Bertz CT molecular complexity index is 1590. The summed E-state index contributed by atoms with van der Waals surface area (Å²) in [6.07, 6.45) is 1.63. The monoisotopic (exact) mass is 544 g/mol. The number of nitrogens with zero attached hydrogens (tertiary/aromatic N) is 2. The van der Waals surface area contributed by atoms with Crippen LogP contribution in [-0.2, 0) is 9.53 Å². The van der Waals surface area contributed by atoms with Crippen molar-refractivity contribution in [2.75, 3.05) is 27.9 Å². The molecule has 0 unspecified atom stereocenters. The second-order valence-electron chi connectivity index (χ2n) is 7.97. The standard InChI is InChI=1S/C26H25ClN2O7S/c1-6-36-25(32)21-13(2)28-26-29(22(21)15-7-8-17(33-3)18(12-15)34-4)24(31)20(37-26)11-14-9-16(27)23(30)19(10-14)35-5/h7-12,22,30H,6H2,1-5H3/b20-11-/t22-/m1/s1. The quantitative estimate of drug-likeness (QED) is 0.455. The Morgan fingerprint density at radius 1 is 1.14 bits per heavy atom. The smallest absolute Gasteiger partial charge is 0.338 e. The van der Waals surface area contributed by atoms with Gasteiger partial charge in [0.25, 0.3) is 5.56 Å². The predicted molar refractivity (Wildman–Crippen MR) is 140 cm³/mol. The van der Waals surface area contributed by atoms with Crippen molar-refractivity contribution in [1.82, 2.24) is 4.57 Å². The molecule has 1 N–H and O–H groups in total. The maximum absolute atomic E-state index is 13.8. The zero-order valence-electron chi connectivity index (χ0n) is 20.8. The Morgan fingerprint density at radius 2 is 1.84 bits per heavy atom.